The van der Waals surface area contributed by atoms with Crippen molar-refractivity contribution >= 4 is 33.2 Å². The number of carbonyl (C=O) groups excluding carboxylic acids is 1. The molecule has 0 aliphatic carbocycles. The molecule has 0 atom stereocenters. The second-order valence-corrected chi connectivity index (χ2v) is 11.0. The predicted molar refractivity (Wildman–Crippen MR) is 148 cm³/mol. The lowest BCUT2D eigenvalue weighted by Crippen LogP contribution is -2.38. The van der Waals surface area contributed by atoms with E-state index in [1.165, 1.54) is 0 Å². The number of halogens is 1. The standard InChI is InChI=1S/C28H29BrN4O2S/c1-17-26(18(2)32(3)31-17)23-9-8-22(35-4)15-24(23)28(34)33-12-10-19(11-13-33)27-30-25(16-36-27)20-6-5-7-21(29)14-20/h5-9,14-16,19H,10-13H2,1-4H3. The summed E-state index contributed by atoms with van der Waals surface area (Å²) in [6, 6.07) is 14.0. The Balaban J connectivity index is 1.35. The summed E-state index contributed by atoms with van der Waals surface area (Å²) in [5.41, 5.74) is 6.67. The van der Waals surface area contributed by atoms with Crippen molar-refractivity contribution in [2.75, 3.05) is 20.2 Å². The molecule has 3 heterocycles. The Morgan fingerprint density at radius 1 is 1.14 bits per heavy atom. The molecule has 8 heteroatoms. The van der Waals surface area contributed by atoms with Gasteiger partial charge in [0.1, 0.15) is 5.75 Å². The molecule has 186 valence electrons. The van der Waals surface area contributed by atoms with E-state index in [0.717, 1.165) is 56.1 Å². The Hall–Kier alpha value is -2.97. The van der Waals surface area contributed by atoms with Crippen molar-refractivity contribution in [3.05, 3.63) is 74.3 Å². The smallest absolute Gasteiger partial charge is 0.254 e. The van der Waals surface area contributed by atoms with Gasteiger partial charge in [0.15, 0.2) is 0 Å². The third-order valence-corrected chi connectivity index (χ3v) is 8.51. The highest BCUT2D eigenvalue weighted by molar-refractivity contribution is 9.10. The molecule has 2 aromatic carbocycles. The number of rotatable bonds is 5. The van der Waals surface area contributed by atoms with Gasteiger partial charge in [-0.3, -0.25) is 9.48 Å². The van der Waals surface area contributed by atoms with Crippen molar-refractivity contribution in [3.8, 4) is 28.1 Å². The SMILES string of the molecule is COc1ccc(-c2c(C)nn(C)c2C)c(C(=O)N2CCC(c3nc(-c4cccc(Br)c4)cs3)CC2)c1. The van der Waals surface area contributed by atoms with Crippen molar-refractivity contribution < 1.29 is 9.53 Å². The van der Waals surface area contributed by atoms with E-state index < -0.39 is 0 Å². The Bertz CT molecular complexity index is 1420. The van der Waals surface area contributed by atoms with Crippen molar-refractivity contribution in [1.29, 1.82) is 0 Å². The Morgan fingerprint density at radius 2 is 1.92 bits per heavy atom. The van der Waals surface area contributed by atoms with Crippen LogP contribution in [0.15, 0.2) is 52.3 Å². The van der Waals surface area contributed by atoms with Gasteiger partial charge in [0.05, 0.1) is 29.1 Å². The minimum atomic E-state index is 0.0407. The van der Waals surface area contributed by atoms with Crippen LogP contribution in [0.1, 0.15) is 45.5 Å². The minimum Gasteiger partial charge on any atom is -0.497 e. The zero-order valence-corrected chi connectivity index (χ0v) is 23.3. The van der Waals surface area contributed by atoms with Crippen LogP contribution in [-0.4, -0.2) is 45.8 Å². The summed E-state index contributed by atoms with van der Waals surface area (Å²) in [4.78, 5) is 20.7. The summed E-state index contributed by atoms with van der Waals surface area (Å²) < 4.78 is 8.39. The highest BCUT2D eigenvalue weighted by atomic mass is 79.9. The first kappa shape index (κ1) is 24.7. The van der Waals surface area contributed by atoms with E-state index in [2.05, 4.69) is 38.5 Å². The number of aryl methyl sites for hydroxylation is 2. The van der Waals surface area contributed by atoms with Gasteiger partial charge in [-0.15, -0.1) is 11.3 Å². The van der Waals surface area contributed by atoms with E-state index >= 15 is 0 Å². The van der Waals surface area contributed by atoms with Crippen LogP contribution >= 0.6 is 27.3 Å². The molecule has 0 N–H and O–H groups in total. The summed E-state index contributed by atoms with van der Waals surface area (Å²) in [6.45, 7) is 5.44. The molecule has 1 aliphatic heterocycles. The molecule has 1 aliphatic rings. The van der Waals surface area contributed by atoms with E-state index in [-0.39, 0.29) is 5.91 Å². The highest BCUT2D eigenvalue weighted by Crippen LogP contribution is 2.36. The van der Waals surface area contributed by atoms with Crippen LogP contribution in [-0.2, 0) is 7.05 Å². The largest absolute Gasteiger partial charge is 0.497 e. The molecule has 0 radical (unpaired) electrons. The lowest BCUT2D eigenvalue weighted by molar-refractivity contribution is 0.0713. The van der Waals surface area contributed by atoms with Crippen LogP contribution in [0.3, 0.4) is 0 Å². The number of amides is 1. The zero-order chi connectivity index (χ0) is 25.4. The summed E-state index contributed by atoms with van der Waals surface area (Å²) >= 11 is 5.26. The van der Waals surface area contributed by atoms with Crippen LogP contribution in [0.2, 0.25) is 0 Å². The van der Waals surface area contributed by atoms with Crippen molar-refractivity contribution in [2.45, 2.75) is 32.6 Å². The first-order chi connectivity index (χ1) is 17.4. The van der Waals surface area contributed by atoms with Crippen LogP contribution in [0.4, 0.5) is 0 Å². The number of hydrogen-bond donors (Lipinski definition) is 0. The molecule has 0 unspecified atom stereocenters. The van der Waals surface area contributed by atoms with Gasteiger partial charge < -0.3 is 9.64 Å². The second kappa shape index (κ2) is 10.2. The maximum Gasteiger partial charge on any atom is 0.254 e. The maximum absolute atomic E-state index is 13.8. The molecule has 0 spiro atoms. The third-order valence-electron chi connectivity index (χ3n) is 7.01. The molecule has 0 bridgehead atoms. The van der Waals surface area contributed by atoms with Gasteiger partial charge in [-0.1, -0.05) is 28.1 Å². The minimum absolute atomic E-state index is 0.0407. The number of benzene rings is 2. The highest BCUT2D eigenvalue weighted by Gasteiger charge is 2.29. The normalized spacial score (nSPS) is 14.3. The van der Waals surface area contributed by atoms with E-state index in [1.807, 2.05) is 60.8 Å². The average molecular weight is 566 g/mol. The number of methoxy groups -OCH3 is 1. The fourth-order valence-electron chi connectivity index (χ4n) is 4.96. The fourth-order valence-corrected chi connectivity index (χ4v) is 6.36. The van der Waals surface area contributed by atoms with E-state index in [9.17, 15) is 4.79 Å². The molecule has 36 heavy (non-hydrogen) atoms. The molecular weight excluding hydrogens is 536 g/mol. The number of carbonyl (C=O) groups is 1. The molecule has 5 rings (SSSR count). The molecule has 1 amide bonds. The third kappa shape index (κ3) is 4.72. The van der Waals surface area contributed by atoms with Crippen LogP contribution in [0, 0.1) is 13.8 Å². The van der Waals surface area contributed by atoms with Gasteiger partial charge in [0.25, 0.3) is 5.91 Å². The molecule has 1 saturated heterocycles. The van der Waals surface area contributed by atoms with Crippen LogP contribution in [0.5, 0.6) is 5.75 Å². The molecule has 6 nitrogen and oxygen atoms in total. The van der Waals surface area contributed by atoms with Crippen LogP contribution in [0.25, 0.3) is 22.4 Å². The summed E-state index contributed by atoms with van der Waals surface area (Å²) in [5, 5.41) is 7.85. The van der Waals surface area contributed by atoms with Crippen molar-refractivity contribution in [1.82, 2.24) is 19.7 Å². The number of ether oxygens (including phenoxy) is 1. The van der Waals surface area contributed by atoms with Gasteiger partial charge >= 0.3 is 0 Å². The summed E-state index contributed by atoms with van der Waals surface area (Å²) in [5.74, 6) is 1.09. The van der Waals surface area contributed by atoms with Gasteiger partial charge in [0.2, 0.25) is 0 Å². The Labute approximate surface area is 224 Å². The maximum atomic E-state index is 13.8. The molecule has 1 fully saturated rings. The second-order valence-electron chi connectivity index (χ2n) is 9.23. The predicted octanol–water partition coefficient (Wildman–Crippen LogP) is 6.62. The lowest BCUT2D eigenvalue weighted by Gasteiger charge is -2.31. The summed E-state index contributed by atoms with van der Waals surface area (Å²) in [6.07, 6.45) is 1.81. The van der Waals surface area contributed by atoms with E-state index in [0.29, 0.717) is 30.3 Å². The Morgan fingerprint density at radius 3 is 2.58 bits per heavy atom. The number of hydrogen-bond acceptors (Lipinski definition) is 5. The molecule has 4 aromatic rings. The monoisotopic (exact) mass is 564 g/mol. The number of nitrogens with zero attached hydrogens (tertiary/aromatic N) is 4. The van der Waals surface area contributed by atoms with Gasteiger partial charge in [-0.25, -0.2) is 4.98 Å². The number of thiazole rings is 1. The van der Waals surface area contributed by atoms with Crippen molar-refractivity contribution in [2.24, 2.45) is 7.05 Å². The first-order valence-electron chi connectivity index (χ1n) is 12.0. The topological polar surface area (TPSA) is 60.3 Å². The van der Waals surface area contributed by atoms with Gasteiger partial charge in [-0.05, 0) is 62.6 Å². The van der Waals surface area contributed by atoms with Crippen molar-refractivity contribution in [3.63, 3.8) is 0 Å². The quantitative estimate of drug-likeness (QED) is 0.273. The Kier molecular flexibility index (Phi) is 6.99. The van der Waals surface area contributed by atoms with E-state index in [4.69, 9.17) is 9.72 Å². The van der Waals surface area contributed by atoms with Gasteiger partial charge in [0, 0.05) is 52.7 Å². The lowest BCUT2D eigenvalue weighted by atomic mass is 9.94. The zero-order valence-electron chi connectivity index (χ0n) is 20.9. The first-order valence-corrected chi connectivity index (χ1v) is 13.7. The van der Waals surface area contributed by atoms with Crippen LogP contribution < -0.4 is 4.74 Å². The fraction of sp³-hybridized carbons (Fsp3) is 0.321. The number of likely N-dealkylation sites (tertiary alicyclic amines) is 1. The average Bonchev–Trinajstić information content (AvgIpc) is 3.48. The number of piperidine rings is 1. The van der Waals surface area contributed by atoms with Gasteiger partial charge in [-0.2, -0.15) is 5.10 Å². The molecule has 0 saturated carbocycles. The molecule has 2 aromatic heterocycles. The molecular formula is C28H29BrN4O2S. The van der Waals surface area contributed by atoms with E-state index in [1.54, 1.807) is 18.4 Å². The summed E-state index contributed by atoms with van der Waals surface area (Å²) in [7, 11) is 3.56. The number of aromatic nitrogens is 3.